The van der Waals surface area contributed by atoms with Gasteiger partial charge in [0.15, 0.2) is 0 Å². The quantitative estimate of drug-likeness (QED) is 0.688. The third-order valence-electron chi connectivity index (χ3n) is 3.50. The fourth-order valence-corrected chi connectivity index (χ4v) is 2.22. The normalized spacial score (nSPS) is 10.6. The lowest BCUT2D eigenvalue weighted by atomic mass is 10.1. The zero-order chi connectivity index (χ0) is 17.2. The summed E-state index contributed by atoms with van der Waals surface area (Å²) in [7, 11) is 4.03. The Hall–Kier alpha value is -2.47. The number of hydrogen-bond acceptors (Lipinski definition) is 5. The maximum atomic E-state index is 12.1. The summed E-state index contributed by atoms with van der Waals surface area (Å²) in [5, 5.41) is 6.04. The van der Waals surface area contributed by atoms with Crippen LogP contribution in [0.2, 0.25) is 0 Å². The molecule has 0 aliphatic carbocycles. The Balaban J connectivity index is 1.79. The van der Waals surface area contributed by atoms with Crippen LogP contribution in [0.5, 0.6) is 0 Å². The monoisotopic (exact) mass is 327 g/mol. The number of anilines is 1. The first-order chi connectivity index (χ1) is 11.6. The molecule has 2 rings (SSSR count). The molecule has 0 bridgehead atoms. The van der Waals surface area contributed by atoms with Crippen LogP contribution in [0, 0.1) is 0 Å². The molecule has 24 heavy (non-hydrogen) atoms. The van der Waals surface area contributed by atoms with E-state index in [1.807, 2.05) is 32.3 Å². The van der Waals surface area contributed by atoms with Crippen LogP contribution in [-0.4, -0.2) is 54.5 Å². The fourth-order valence-electron chi connectivity index (χ4n) is 2.22. The van der Waals surface area contributed by atoms with E-state index in [-0.39, 0.29) is 5.91 Å². The molecule has 0 aliphatic rings. The SMILES string of the molecule is CN(C)CCCNC(=O)c1ccnc(NCCc2ccccc2)n1. The highest BCUT2D eigenvalue weighted by Gasteiger charge is 2.08. The van der Waals surface area contributed by atoms with Crippen LogP contribution >= 0.6 is 0 Å². The van der Waals surface area contributed by atoms with Crippen LogP contribution in [0.25, 0.3) is 0 Å². The average molecular weight is 327 g/mol. The van der Waals surface area contributed by atoms with Gasteiger partial charge >= 0.3 is 0 Å². The molecule has 1 amide bonds. The van der Waals surface area contributed by atoms with Crippen molar-refractivity contribution in [1.82, 2.24) is 20.2 Å². The molecule has 0 saturated carbocycles. The second-order valence-corrected chi connectivity index (χ2v) is 5.84. The molecule has 0 spiro atoms. The van der Waals surface area contributed by atoms with E-state index in [1.165, 1.54) is 5.56 Å². The van der Waals surface area contributed by atoms with Crippen molar-refractivity contribution < 1.29 is 4.79 Å². The highest BCUT2D eigenvalue weighted by atomic mass is 16.1. The lowest BCUT2D eigenvalue weighted by Crippen LogP contribution is -2.28. The maximum Gasteiger partial charge on any atom is 0.270 e. The smallest absolute Gasteiger partial charge is 0.270 e. The molecule has 2 aromatic rings. The van der Waals surface area contributed by atoms with E-state index in [0.29, 0.717) is 18.2 Å². The van der Waals surface area contributed by atoms with Crippen molar-refractivity contribution in [2.75, 3.05) is 39.0 Å². The third kappa shape index (κ3) is 6.34. The molecule has 0 saturated heterocycles. The van der Waals surface area contributed by atoms with Crippen LogP contribution < -0.4 is 10.6 Å². The summed E-state index contributed by atoms with van der Waals surface area (Å²) in [6.45, 7) is 2.30. The minimum atomic E-state index is -0.165. The lowest BCUT2D eigenvalue weighted by molar-refractivity contribution is 0.0947. The van der Waals surface area contributed by atoms with E-state index >= 15 is 0 Å². The van der Waals surface area contributed by atoms with Crippen molar-refractivity contribution in [3.05, 3.63) is 53.9 Å². The molecule has 0 unspecified atom stereocenters. The number of carbonyl (C=O) groups is 1. The Morgan fingerprint density at radius 3 is 2.67 bits per heavy atom. The summed E-state index contributed by atoms with van der Waals surface area (Å²) >= 11 is 0. The summed E-state index contributed by atoms with van der Waals surface area (Å²) in [6.07, 6.45) is 3.39. The van der Waals surface area contributed by atoms with Gasteiger partial charge in [0.25, 0.3) is 5.91 Å². The number of rotatable bonds is 9. The number of amides is 1. The van der Waals surface area contributed by atoms with E-state index in [2.05, 4.69) is 37.6 Å². The number of benzene rings is 1. The van der Waals surface area contributed by atoms with E-state index < -0.39 is 0 Å². The van der Waals surface area contributed by atoms with Crippen molar-refractivity contribution in [3.63, 3.8) is 0 Å². The number of carbonyl (C=O) groups excluding carboxylic acids is 1. The summed E-state index contributed by atoms with van der Waals surface area (Å²) in [4.78, 5) is 22.6. The second kappa shape index (κ2) is 9.62. The van der Waals surface area contributed by atoms with Crippen LogP contribution in [0.15, 0.2) is 42.6 Å². The second-order valence-electron chi connectivity index (χ2n) is 5.84. The Morgan fingerprint density at radius 2 is 1.92 bits per heavy atom. The summed E-state index contributed by atoms with van der Waals surface area (Å²) in [6, 6.07) is 11.8. The maximum absolute atomic E-state index is 12.1. The van der Waals surface area contributed by atoms with Gasteiger partial charge in [-0.15, -0.1) is 0 Å². The van der Waals surface area contributed by atoms with Gasteiger partial charge in [-0.2, -0.15) is 0 Å². The molecule has 1 heterocycles. The summed E-state index contributed by atoms with van der Waals surface area (Å²) in [5.41, 5.74) is 1.64. The van der Waals surface area contributed by atoms with Gasteiger partial charge < -0.3 is 15.5 Å². The summed E-state index contributed by atoms with van der Waals surface area (Å²) in [5.74, 6) is 0.314. The minimum Gasteiger partial charge on any atom is -0.354 e. The largest absolute Gasteiger partial charge is 0.354 e. The van der Waals surface area contributed by atoms with Gasteiger partial charge in [0.1, 0.15) is 5.69 Å². The molecule has 6 nitrogen and oxygen atoms in total. The highest BCUT2D eigenvalue weighted by molar-refractivity contribution is 5.92. The number of aromatic nitrogens is 2. The van der Waals surface area contributed by atoms with Gasteiger partial charge in [-0.1, -0.05) is 30.3 Å². The summed E-state index contributed by atoms with van der Waals surface area (Å²) < 4.78 is 0. The first-order valence-electron chi connectivity index (χ1n) is 8.19. The van der Waals surface area contributed by atoms with Crippen molar-refractivity contribution in [2.24, 2.45) is 0 Å². The Bertz CT molecular complexity index is 630. The molecule has 6 heteroatoms. The predicted molar refractivity (Wildman–Crippen MR) is 96.2 cm³/mol. The zero-order valence-electron chi connectivity index (χ0n) is 14.3. The first-order valence-corrected chi connectivity index (χ1v) is 8.19. The van der Waals surface area contributed by atoms with Crippen molar-refractivity contribution in [3.8, 4) is 0 Å². The molecule has 1 aromatic heterocycles. The lowest BCUT2D eigenvalue weighted by Gasteiger charge is -2.10. The van der Waals surface area contributed by atoms with Crippen LogP contribution in [0.3, 0.4) is 0 Å². The van der Waals surface area contributed by atoms with Crippen molar-refractivity contribution in [1.29, 1.82) is 0 Å². The number of nitrogens with one attached hydrogen (secondary N) is 2. The average Bonchev–Trinajstić information content (AvgIpc) is 2.59. The van der Waals surface area contributed by atoms with Gasteiger partial charge in [0.2, 0.25) is 5.95 Å². The van der Waals surface area contributed by atoms with Crippen molar-refractivity contribution in [2.45, 2.75) is 12.8 Å². The van der Waals surface area contributed by atoms with Crippen molar-refractivity contribution >= 4 is 11.9 Å². The molecule has 0 aliphatic heterocycles. The van der Waals surface area contributed by atoms with Crippen LogP contribution in [0.1, 0.15) is 22.5 Å². The standard InChI is InChI=1S/C18H25N5O/c1-23(2)14-6-11-19-17(24)16-10-13-21-18(22-16)20-12-9-15-7-4-3-5-8-15/h3-5,7-8,10,13H,6,9,11-12,14H2,1-2H3,(H,19,24)(H,20,21,22). The number of hydrogen-bond donors (Lipinski definition) is 2. The van der Waals surface area contributed by atoms with Gasteiger partial charge in [0, 0.05) is 19.3 Å². The molecule has 0 fully saturated rings. The van der Waals surface area contributed by atoms with Gasteiger partial charge in [-0.25, -0.2) is 9.97 Å². The predicted octanol–water partition coefficient (Wildman–Crippen LogP) is 1.81. The Kier molecular flexibility index (Phi) is 7.17. The van der Waals surface area contributed by atoms with Crippen LogP contribution in [-0.2, 0) is 6.42 Å². The Morgan fingerprint density at radius 1 is 1.12 bits per heavy atom. The van der Waals surface area contributed by atoms with E-state index in [4.69, 9.17) is 0 Å². The highest BCUT2D eigenvalue weighted by Crippen LogP contribution is 2.03. The minimum absolute atomic E-state index is 0.165. The van der Waals surface area contributed by atoms with Gasteiger partial charge in [-0.05, 0) is 45.1 Å². The van der Waals surface area contributed by atoms with Crippen LogP contribution in [0.4, 0.5) is 5.95 Å². The molecular formula is C18H25N5O. The van der Waals surface area contributed by atoms with Gasteiger partial charge in [0.05, 0.1) is 0 Å². The van der Waals surface area contributed by atoms with E-state index in [1.54, 1.807) is 12.3 Å². The molecule has 2 N–H and O–H groups in total. The van der Waals surface area contributed by atoms with Gasteiger partial charge in [-0.3, -0.25) is 4.79 Å². The topological polar surface area (TPSA) is 70.2 Å². The zero-order valence-corrected chi connectivity index (χ0v) is 14.3. The van der Waals surface area contributed by atoms with E-state index in [0.717, 1.165) is 25.9 Å². The molecular weight excluding hydrogens is 302 g/mol. The fraction of sp³-hybridized carbons (Fsp3) is 0.389. The number of nitrogens with zero attached hydrogens (tertiary/aromatic N) is 3. The molecule has 128 valence electrons. The molecule has 0 radical (unpaired) electrons. The molecule has 0 atom stereocenters. The first kappa shape index (κ1) is 17.9. The Labute approximate surface area is 143 Å². The van der Waals surface area contributed by atoms with E-state index in [9.17, 15) is 4.79 Å². The third-order valence-corrected chi connectivity index (χ3v) is 3.50. The molecule has 1 aromatic carbocycles.